The number of ether oxygens (including phenoxy) is 1. The number of nitriles is 1. The van der Waals surface area contributed by atoms with E-state index in [4.69, 9.17) is 15.0 Å². The van der Waals surface area contributed by atoms with Gasteiger partial charge in [-0.05, 0) is 42.7 Å². The van der Waals surface area contributed by atoms with Crippen LogP contribution >= 0.6 is 0 Å². The molecule has 1 fully saturated rings. The second-order valence-electron chi connectivity index (χ2n) is 10.3. The van der Waals surface area contributed by atoms with Crippen molar-refractivity contribution in [3.05, 3.63) is 102 Å². The molecule has 0 bridgehead atoms. The van der Waals surface area contributed by atoms with E-state index in [9.17, 15) is 0 Å². The molecule has 2 aliphatic rings. The zero-order valence-corrected chi connectivity index (χ0v) is 22.4. The first kappa shape index (κ1) is 24.9. The van der Waals surface area contributed by atoms with Crippen LogP contribution < -0.4 is 10.1 Å². The Kier molecular flexibility index (Phi) is 6.59. The number of likely N-dealkylation sites (tertiary alicyclic amines) is 1. The molecule has 1 saturated heterocycles. The zero-order valence-electron chi connectivity index (χ0n) is 22.4. The molecule has 0 atom stereocenters. The number of imidazole rings is 1. The number of piperidine rings is 1. The van der Waals surface area contributed by atoms with E-state index >= 15 is 0 Å². The predicted octanol–water partition coefficient (Wildman–Crippen LogP) is 5.23. The molecule has 1 N–H and O–H groups in total. The molecule has 0 amide bonds. The Bertz CT molecular complexity index is 1720. The fourth-order valence-electron chi connectivity index (χ4n) is 5.64. The van der Waals surface area contributed by atoms with E-state index < -0.39 is 0 Å². The van der Waals surface area contributed by atoms with Crippen LogP contribution in [0.25, 0.3) is 28.3 Å². The summed E-state index contributed by atoms with van der Waals surface area (Å²) in [6.45, 7) is 3.34. The van der Waals surface area contributed by atoms with Gasteiger partial charge in [0, 0.05) is 55.5 Å². The van der Waals surface area contributed by atoms with Gasteiger partial charge in [-0.1, -0.05) is 42.5 Å². The van der Waals surface area contributed by atoms with Crippen LogP contribution in [0.15, 0.2) is 85.3 Å². The van der Waals surface area contributed by atoms with E-state index in [1.165, 1.54) is 5.56 Å². The Morgan fingerprint density at radius 1 is 0.951 bits per heavy atom. The Morgan fingerprint density at radius 3 is 2.59 bits per heavy atom. The number of rotatable bonds is 6. The molecule has 202 valence electrons. The quantitative estimate of drug-likeness (QED) is 0.312. The molecule has 5 aromatic rings. The van der Waals surface area contributed by atoms with Crippen molar-refractivity contribution in [3.8, 4) is 40.2 Å². The lowest BCUT2D eigenvalue weighted by Crippen LogP contribution is -2.38. The molecule has 0 aliphatic carbocycles. The van der Waals surface area contributed by atoms with Crippen LogP contribution in [-0.2, 0) is 13.2 Å². The van der Waals surface area contributed by atoms with Crippen molar-refractivity contribution in [3.63, 3.8) is 0 Å². The molecule has 3 aromatic heterocycles. The van der Waals surface area contributed by atoms with Gasteiger partial charge in [0.05, 0.1) is 11.3 Å². The first-order chi connectivity index (χ1) is 20.2. The van der Waals surface area contributed by atoms with Crippen LogP contribution in [0.2, 0.25) is 0 Å². The Morgan fingerprint density at radius 2 is 1.78 bits per heavy atom. The number of hydrogen-bond donors (Lipinski definition) is 1. The molecular formula is C32H28N8O. The lowest BCUT2D eigenvalue weighted by Gasteiger charge is -2.32. The van der Waals surface area contributed by atoms with Crippen LogP contribution in [0, 0.1) is 11.3 Å². The van der Waals surface area contributed by atoms with Crippen LogP contribution in [-0.4, -0.2) is 48.5 Å². The molecule has 2 aromatic carbocycles. The molecule has 2 aliphatic heterocycles. The number of anilines is 1. The topological polar surface area (TPSA) is 105 Å². The average molecular weight is 541 g/mol. The monoisotopic (exact) mass is 540 g/mol. The zero-order chi connectivity index (χ0) is 27.6. The van der Waals surface area contributed by atoms with Gasteiger partial charge < -0.3 is 10.1 Å². The van der Waals surface area contributed by atoms with Crippen molar-refractivity contribution in [1.29, 1.82) is 5.26 Å². The summed E-state index contributed by atoms with van der Waals surface area (Å²) in [5, 5.41) is 12.5. The minimum atomic E-state index is 0.192. The van der Waals surface area contributed by atoms with Crippen molar-refractivity contribution in [2.45, 2.75) is 32.0 Å². The largest absolute Gasteiger partial charge is 0.486 e. The Hall–Kier alpha value is -5.07. The summed E-state index contributed by atoms with van der Waals surface area (Å²) < 4.78 is 8.29. The smallest absolute Gasteiger partial charge is 0.234 e. The Balaban J connectivity index is 1.08. The SMILES string of the molecule is N#Cc1nccc(NC2CCN(Cc3ccc(-c4nc5c(n4-c4ccccc4)COc4ccncc4-5)cc3)CC2)n1. The average Bonchev–Trinajstić information content (AvgIpc) is 3.43. The number of fused-ring (bicyclic) bond motifs is 3. The van der Waals surface area contributed by atoms with Gasteiger partial charge in [-0.2, -0.15) is 5.26 Å². The van der Waals surface area contributed by atoms with E-state index in [0.29, 0.717) is 18.5 Å². The normalized spacial score (nSPS) is 14.9. The maximum absolute atomic E-state index is 9.04. The van der Waals surface area contributed by atoms with E-state index in [0.717, 1.165) is 72.3 Å². The molecule has 0 radical (unpaired) electrons. The molecular weight excluding hydrogens is 512 g/mol. The maximum atomic E-state index is 9.04. The molecule has 9 nitrogen and oxygen atoms in total. The summed E-state index contributed by atoms with van der Waals surface area (Å²) in [5.41, 5.74) is 6.25. The number of benzene rings is 2. The van der Waals surface area contributed by atoms with Gasteiger partial charge in [0.2, 0.25) is 5.82 Å². The van der Waals surface area contributed by atoms with E-state index in [2.05, 4.69) is 66.1 Å². The molecule has 0 unspecified atom stereocenters. The first-order valence-corrected chi connectivity index (χ1v) is 13.8. The third-order valence-electron chi connectivity index (χ3n) is 7.70. The van der Waals surface area contributed by atoms with Crippen molar-refractivity contribution >= 4 is 5.82 Å². The van der Waals surface area contributed by atoms with Gasteiger partial charge in [-0.3, -0.25) is 14.5 Å². The van der Waals surface area contributed by atoms with Gasteiger partial charge in [-0.15, -0.1) is 0 Å². The van der Waals surface area contributed by atoms with E-state index in [-0.39, 0.29) is 5.82 Å². The molecule has 7 rings (SSSR count). The summed E-state index contributed by atoms with van der Waals surface area (Å²) in [4.78, 5) is 20.1. The lowest BCUT2D eigenvalue weighted by atomic mass is 10.0. The number of nitrogens with one attached hydrogen (secondary N) is 1. The second kappa shape index (κ2) is 10.8. The summed E-state index contributed by atoms with van der Waals surface area (Å²) >= 11 is 0. The lowest BCUT2D eigenvalue weighted by molar-refractivity contribution is 0.211. The number of hydrogen-bond acceptors (Lipinski definition) is 8. The fourth-order valence-corrected chi connectivity index (χ4v) is 5.64. The summed E-state index contributed by atoms with van der Waals surface area (Å²) in [5.74, 6) is 2.61. The van der Waals surface area contributed by atoms with Gasteiger partial charge in [0.1, 0.15) is 35.8 Å². The van der Waals surface area contributed by atoms with Gasteiger partial charge in [-0.25, -0.2) is 15.0 Å². The van der Waals surface area contributed by atoms with Crippen LogP contribution in [0.1, 0.15) is 29.9 Å². The van der Waals surface area contributed by atoms with E-state index in [1.54, 1.807) is 12.4 Å². The van der Waals surface area contributed by atoms with Gasteiger partial charge in [0.25, 0.3) is 0 Å². The standard InChI is InChI=1S/C32H28N8O/c33-18-30-35-15-11-29(37-30)36-24-12-16-39(17-13-24)20-22-6-8-23(9-7-22)32-38-31-26-19-34-14-10-28(26)41-21-27(31)40(32)25-4-2-1-3-5-25/h1-11,14-15,19,24H,12-13,16-17,20-21H2,(H,35,36,37). The van der Waals surface area contributed by atoms with Crippen molar-refractivity contribution in [1.82, 2.24) is 29.4 Å². The van der Waals surface area contributed by atoms with Crippen LogP contribution in [0.4, 0.5) is 5.82 Å². The maximum Gasteiger partial charge on any atom is 0.234 e. The fraction of sp³-hybridized carbons (Fsp3) is 0.219. The summed E-state index contributed by atoms with van der Waals surface area (Å²) in [7, 11) is 0. The highest BCUT2D eigenvalue weighted by Crippen LogP contribution is 2.40. The molecule has 0 spiro atoms. The predicted molar refractivity (Wildman–Crippen MR) is 155 cm³/mol. The van der Waals surface area contributed by atoms with Crippen molar-refractivity contribution in [2.75, 3.05) is 18.4 Å². The molecule has 9 heteroatoms. The summed E-state index contributed by atoms with van der Waals surface area (Å²) in [6.07, 6.45) is 7.24. The minimum Gasteiger partial charge on any atom is -0.486 e. The number of nitrogens with zero attached hydrogens (tertiary/aromatic N) is 7. The summed E-state index contributed by atoms with van der Waals surface area (Å²) in [6, 6.07) is 25.1. The highest BCUT2D eigenvalue weighted by molar-refractivity contribution is 5.75. The number of para-hydroxylation sites is 1. The molecule has 0 saturated carbocycles. The van der Waals surface area contributed by atoms with Gasteiger partial charge >= 0.3 is 0 Å². The molecule has 5 heterocycles. The van der Waals surface area contributed by atoms with Crippen molar-refractivity contribution < 1.29 is 4.74 Å². The third kappa shape index (κ3) is 5.01. The third-order valence-corrected chi connectivity index (χ3v) is 7.70. The number of aromatic nitrogens is 5. The Labute approximate surface area is 238 Å². The highest BCUT2D eigenvalue weighted by atomic mass is 16.5. The van der Waals surface area contributed by atoms with E-state index in [1.807, 2.05) is 42.6 Å². The first-order valence-electron chi connectivity index (χ1n) is 13.8. The minimum absolute atomic E-state index is 0.192. The highest BCUT2D eigenvalue weighted by Gasteiger charge is 2.27. The van der Waals surface area contributed by atoms with Crippen LogP contribution in [0.5, 0.6) is 5.75 Å². The van der Waals surface area contributed by atoms with Crippen LogP contribution in [0.3, 0.4) is 0 Å². The molecule has 41 heavy (non-hydrogen) atoms. The van der Waals surface area contributed by atoms with Crippen molar-refractivity contribution in [2.24, 2.45) is 0 Å². The number of pyridine rings is 1. The van der Waals surface area contributed by atoms with Gasteiger partial charge in [0.15, 0.2) is 0 Å². The second-order valence-corrected chi connectivity index (χ2v) is 10.3.